The van der Waals surface area contributed by atoms with Crippen molar-refractivity contribution in [1.82, 2.24) is 14.5 Å². The number of imidazole rings is 1. The van der Waals surface area contributed by atoms with Crippen molar-refractivity contribution in [3.05, 3.63) is 71.3 Å². The second-order valence-electron chi connectivity index (χ2n) is 12.7. The summed E-state index contributed by atoms with van der Waals surface area (Å²) in [6.45, 7) is 3.77. The summed E-state index contributed by atoms with van der Waals surface area (Å²) >= 11 is 0. The molecule has 10 nitrogen and oxygen atoms in total. The molecule has 4 aromatic rings. The molecule has 1 aliphatic carbocycles. The van der Waals surface area contributed by atoms with Crippen LogP contribution in [0.5, 0.6) is 11.6 Å². The van der Waals surface area contributed by atoms with E-state index < -0.39 is 17.7 Å². The molecule has 0 atom stereocenters. The van der Waals surface area contributed by atoms with Crippen LogP contribution >= 0.6 is 0 Å². The molecule has 4 heterocycles. The van der Waals surface area contributed by atoms with Crippen LogP contribution in [0.25, 0.3) is 11.0 Å². The number of nitriles is 1. The van der Waals surface area contributed by atoms with Crippen molar-refractivity contribution in [2.24, 2.45) is 10.8 Å². The molecule has 0 radical (unpaired) electrons. The second-order valence-corrected chi connectivity index (χ2v) is 12.7. The van der Waals surface area contributed by atoms with E-state index in [0.717, 1.165) is 74.0 Å². The van der Waals surface area contributed by atoms with Crippen LogP contribution in [0.4, 0.5) is 24.9 Å². The minimum Gasteiger partial charge on any atom is -0.496 e. The van der Waals surface area contributed by atoms with Gasteiger partial charge >= 0.3 is 12.1 Å². The van der Waals surface area contributed by atoms with Crippen molar-refractivity contribution >= 4 is 28.8 Å². The van der Waals surface area contributed by atoms with E-state index in [0.29, 0.717) is 24.4 Å². The van der Waals surface area contributed by atoms with Crippen LogP contribution in [0.3, 0.4) is 0 Å². The van der Waals surface area contributed by atoms with Crippen molar-refractivity contribution in [3.63, 3.8) is 0 Å². The van der Waals surface area contributed by atoms with Crippen LogP contribution in [0.1, 0.15) is 40.7 Å². The largest absolute Gasteiger partial charge is 0.496 e. The summed E-state index contributed by atoms with van der Waals surface area (Å²) < 4.78 is 52.4. The molecule has 3 aliphatic rings. The molecule has 46 heavy (non-hydrogen) atoms. The number of halogens is 3. The second kappa shape index (κ2) is 10.8. The molecular weight excluding hydrogens is 601 g/mol. The number of ether oxygens (including phenoxy) is 2. The fraction of sp³-hybridized carbons (Fsp3) is 0.394. The molecule has 13 heteroatoms. The molecule has 238 valence electrons. The highest BCUT2D eigenvalue weighted by Gasteiger charge is 2.54. The molecule has 7 rings (SSSR count). The van der Waals surface area contributed by atoms with Gasteiger partial charge in [0.05, 0.1) is 35.3 Å². The van der Waals surface area contributed by atoms with Gasteiger partial charge in [-0.2, -0.15) is 23.4 Å². The number of rotatable bonds is 10. The van der Waals surface area contributed by atoms with Crippen LogP contribution in [0, 0.1) is 22.2 Å². The standard InChI is InChI=1S/C33H31F3N6O4/c1-45-26-14-23(33(34,35)36)7-5-22(26)15-46-28-4-2-3-27(39-28)40-16-32(17-40)18-41(19-32)30-38-24-8-6-21(29(43)44)13-25(24)42(30)20-31(9-10-31)11-12-37/h2-8,13-14H,9-11,15-20H2,1H3,(H,43,44). The van der Waals surface area contributed by atoms with Crippen molar-refractivity contribution < 1.29 is 32.5 Å². The third kappa shape index (κ3) is 5.42. The zero-order valence-corrected chi connectivity index (χ0v) is 25.0. The van der Waals surface area contributed by atoms with Gasteiger partial charge in [-0.25, -0.2) is 9.78 Å². The van der Waals surface area contributed by atoms with Gasteiger partial charge in [-0.3, -0.25) is 0 Å². The number of aromatic nitrogens is 3. The van der Waals surface area contributed by atoms with Gasteiger partial charge in [-0.1, -0.05) is 12.1 Å². The van der Waals surface area contributed by atoms with Crippen molar-refractivity contribution in [1.29, 1.82) is 5.26 Å². The van der Waals surface area contributed by atoms with Gasteiger partial charge in [0, 0.05) is 61.6 Å². The minimum absolute atomic E-state index is 0.00126. The molecule has 3 fully saturated rings. The average Bonchev–Trinajstić information content (AvgIpc) is 3.66. The summed E-state index contributed by atoms with van der Waals surface area (Å²) in [5.74, 6) is 1.02. The Balaban J connectivity index is 1.02. The maximum Gasteiger partial charge on any atom is 0.416 e. The molecule has 0 bridgehead atoms. The molecule has 1 saturated carbocycles. The van der Waals surface area contributed by atoms with Gasteiger partial charge in [0.1, 0.15) is 18.2 Å². The van der Waals surface area contributed by atoms with Crippen molar-refractivity contribution in [2.75, 3.05) is 43.1 Å². The Bertz CT molecular complexity index is 1870. The highest BCUT2D eigenvalue weighted by molar-refractivity contribution is 5.93. The predicted molar refractivity (Wildman–Crippen MR) is 162 cm³/mol. The van der Waals surface area contributed by atoms with E-state index >= 15 is 0 Å². The van der Waals surface area contributed by atoms with E-state index in [9.17, 15) is 28.3 Å². The molecule has 2 saturated heterocycles. The van der Waals surface area contributed by atoms with Gasteiger partial charge in [0.25, 0.3) is 0 Å². The van der Waals surface area contributed by atoms with Gasteiger partial charge in [-0.05, 0) is 49.2 Å². The Kier molecular flexibility index (Phi) is 6.99. The lowest BCUT2D eigenvalue weighted by Crippen LogP contribution is -2.73. The molecular formula is C33H31F3N6O4. The van der Waals surface area contributed by atoms with Crippen molar-refractivity contribution in [2.45, 2.75) is 38.6 Å². The topological polar surface area (TPSA) is 117 Å². The smallest absolute Gasteiger partial charge is 0.416 e. The monoisotopic (exact) mass is 632 g/mol. The van der Waals surface area contributed by atoms with E-state index in [1.165, 1.54) is 13.2 Å². The zero-order valence-electron chi connectivity index (χ0n) is 25.0. The van der Waals surface area contributed by atoms with Crippen LogP contribution in [0.2, 0.25) is 0 Å². The fourth-order valence-electron chi connectivity index (χ4n) is 6.59. The number of carboxylic acids is 1. The first kappa shape index (κ1) is 29.7. The summed E-state index contributed by atoms with van der Waals surface area (Å²) in [6, 6.07) is 16.1. The number of carbonyl (C=O) groups is 1. The normalized spacial score (nSPS) is 17.7. The number of aromatic carboxylic acids is 1. The third-order valence-electron chi connectivity index (χ3n) is 9.29. The molecule has 1 N–H and O–H groups in total. The Hall–Kier alpha value is -4.99. The number of carboxylic acid groups (broad SMARTS) is 1. The predicted octanol–water partition coefficient (Wildman–Crippen LogP) is 5.76. The molecule has 1 spiro atoms. The van der Waals surface area contributed by atoms with Crippen LogP contribution < -0.4 is 19.3 Å². The number of alkyl halides is 3. The van der Waals surface area contributed by atoms with E-state index in [2.05, 4.69) is 25.4 Å². The molecule has 2 aromatic carbocycles. The van der Waals surface area contributed by atoms with E-state index in [4.69, 9.17) is 14.5 Å². The number of hydrogen-bond donors (Lipinski definition) is 1. The summed E-state index contributed by atoms with van der Waals surface area (Å²) in [5, 5.41) is 19.0. The maximum atomic E-state index is 13.1. The van der Waals surface area contributed by atoms with Gasteiger partial charge < -0.3 is 28.9 Å². The fourth-order valence-corrected chi connectivity index (χ4v) is 6.59. The highest BCUT2D eigenvalue weighted by atomic mass is 19.4. The minimum atomic E-state index is -4.47. The lowest BCUT2D eigenvalue weighted by molar-refractivity contribution is -0.137. The first-order chi connectivity index (χ1) is 22.0. The number of methoxy groups -OCH3 is 1. The van der Waals surface area contributed by atoms with Crippen LogP contribution in [-0.2, 0) is 19.3 Å². The lowest BCUT2D eigenvalue weighted by Gasteiger charge is -2.60. The lowest BCUT2D eigenvalue weighted by atomic mass is 9.73. The average molecular weight is 633 g/mol. The number of hydrogen-bond acceptors (Lipinski definition) is 8. The first-order valence-electron chi connectivity index (χ1n) is 14.9. The SMILES string of the molecule is COc1cc(C(F)(F)F)ccc1COc1cccc(N2CC3(C2)CN(c2nc4ccc(C(=O)O)cc4n2CC2(CC#N)CC2)C3)n1. The third-order valence-corrected chi connectivity index (χ3v) is 9.29. The number of anilines is 2. The zero-order chi connectivity index (χ0) is 32.3. The van der Waals surface area contributed by atoms with Gasteiger partial charge in [0.2, 0.25) is 11.8 Å². The van der Waals surface area contributed by atoms with Gasteiger partial charge in [-0.15, -0.1) is 0 Å². The molecule has 2 aromatic heterocycles. The van der Waals surface area contributed by atoms with Crippen LogP contribution in [-0.4, -0.2) is 58.9 Å². The summed E-state index contributed by atoms with van der Waals surface area (Å²) in [4.78, 5) is 25.6. The number of benzene rings is 2. The number of fused-ring (bicyclic) bond motifs is 1. The maximum absolute atomic E-state index is 13.1. The molecule has 2 aliphatic heterocycles. The van der Waals surface area contributed by atoms with E-state index in [1.54, 1.807) is 24.3 Å². The summed E-state index contributed by atoms with van der Waals surface area (Å²) in [7, 11) is 1.32. The van der Waals surface area contributed by atoms with Crippen molar-refractivity contribution in [3.8, 4) is 17.7 Å². The number of pyridine rings is 1. The van der Waals surface area contributed by atoms with E-state index in [-0.39, 0.29) is 28.7 Å². The Labute approximate surface area is 262 Å². The Morgan fingerprint density at radius 2 is 1.80 bits per heavy atom. The summed E-state index contributed by atoms with van der Waals surface area (Å²) in [6.07, 6.45) is -2.08. The highest BCUT2D eigenvalue weighted by Crippen LogP contribution is 2.52. The van der Waals surface area contributed by atoms with Crippen LogP contribution in [0.15, 0.2) is 54.6 Å². The Morgan fingerprint density at radius 1 is 1.04 bits per heavy atom. The summed E-state index contributed by atoms with van der Waals surface area (Å²) in [5.41, 5.74) is 1.37. The molecule has 0 amide bonds. The number of nitrogens with zero attached hydrogens (tertiary/aromatic N) is 6. The van der Waals surface area contributed by atoms with E-state index in [1.807, 2.05) is 12.1 Å². The quantitative estimate of drug-likeness (QED) is 0.233. The van der Waals surface area contributed by atoms with Gasteiger partial charge in [0.15, 0.2) is 0 Å². The Morgan fingerprint density at radius 3 is 2.48 bits per heavy atom. The first-order valence-corrected chi connectivity index (χ1v) is 14.9. The molecule has 0 unspecified atom stereocenters.